The third kappa shape index (κ3) is 1.71. The van der Waals surface area contributed by atoms with Gasteiger partial charge in [-0.2, -0.15) is 0 Å². The Morgan fingerprint density at radius 2 is 2.21 bits per heavy atom. The molecule has 0 spiro atoms. The molecular weight excluding hydrogens is 180 g/mol. The minimum Gasteiger partial charge on any atom is -0.506 e. The lowest BCUT2D eigenvalue weighted by Gasteiger charge is -2.12. The number of hydrogen-bond acceptors (Lipinski definition) is 4. The maximum absolute atomic E-state index is 9.55. The van der Waals surface area contributed by atoms with Crippen LogP contribution in [0, 0.1) is 5.92 Å². The summed E-state index contributed by atoms with van der Waals surface area (Å²) in [7, 11) is 0. The van der Waals surface area contributed by atoms with Crippen molar-refractivity contribution in [3.05, 3.63) is 23.5 Å². The highest BCUT2D eigenvalue weighted by Gasteiger charge is 2.32. The number of aliphatic hydroxyl groups excluding tert-OH is 1. The quantitative estimate of drug-likeness (QED) is 0.661. The summed E-state index contributed by atoms with van der Waals surface area (Å²) in [4.78, 5) is 4.13. The Hall–Kier alpha value is -1.13. The molecule has 0 aliphatic heterocycles. The van der Waals surface area contributed by atoms with E-state index in [4.69, 9.17) is 10.8 Å². The maximum Gasteiger partial charge on any atom is 0.138 e. The third-order valence-corrected chi connectivity index (χ3v) is 2.57. The van der Waals surface area contributed by atoms with E-state index in [1.54, 1.807) is 6.07 Å². The van der Waals surface area contributed by atoms with Gasteiger partial charge in [0, 0.05) is 0 Å². The van der Waals surface area contributed by atoms with Crippen molar-refractivity contribution < 1.29 is 10.2 Å². The molecule has 1 fully saturated rings. The van der Waals surface area contributed by atoms with Crippen molar-refractivity contribution in [2.75, 3.05) is 0 Å². The van der Waals surface area contributed by atoms with E-state index in [1.807, 2.05) is 0 Å². The number of nitrogens with zero attached hydrogens (tertiary/aromatic N) is 1. The van der Waals surface area contributed by atoms with E-state index in [0.717, 1.165) is 12.8 Å². The average molecular weight is 194 g/mol. The number of aromatic hydroxyl groups is 1. The van der Waals surface area contributed by atoms with Crippen LogP contribution < -0.4 is 5.73 Å². The lowest BCUT2D eigenvalue weighted by molar-refractivity contribution is 0.275. The molecule has 76 valence electrons. The van der Waals surface area contributed by atoms with Crippen LogP contribution in [-0.4, -0.2) is 15.2 Å². The molecule has 2 rings (SSSR count). The second-order valence-corrected chi connectivity index (χ2v) is 3.73. The molecule has 4 nitrogen and oxygen atoms in total. The van der Waals surface area contributed by atoms with E-state index >= 15 is 0 Å². The van der Waals surface area contributed by atoms with Gasteiger partial charge < -0.3 is 15.9 Å². The predicted molar refractivity (Wildman–Crippen MR) is 51.5 cm³/mol. The zero-order valence-electron chi connectivity index (χ0n) is 7.85. The molecule has 1 aromatic heterocycles. The van der Waals surface area contributed by atoms with E-state index in [2.05, 4.69) is 4.98 Å². The average Bonchev–Trinajstić information content (AvgIpc) is 3.01. The summed E-state index contributed by atoms with van der Waals surface area (Å²) in [6.07, 6.45) is 2.21. The minimum absolute atomic E-state index is 0.120. The molecule has 0 amide bonds. The van der Waals surface area contributed by atoms with E-state index in [-0.39, 0.29) is 18.4 Å². The fraction of sp³-hybridized carbons (Fsp3) is 0.500. The largest absolute Gasteiger partial charge is 0.506 e. The van der Waals surface area contributed by atoms with Crippen molar-refractivity contribution in [2.45, 2.75) is 25.5 Å². The van der Waals surface area contributed by atoms with Gasteiger partial charge >= 0.3 is 0 Å². The summed E-state index contributed by atoms with van der Waals surface area (Å²) in [6, 6.07) is 2.94. The van der Waals surface area contributed by atoms with Gasteiger partial charge in [0.2, 0.25) is 0 Å². The van der Waals surface area contributed by atoms with Crippen LogP contribution in [-0.2, 0) is 6.61 Å². The monoisotopic (exact) mass is 194 g/mol. The van der Waals surface area contributed by atoms with Crippen LogP contribution in [0.2, 0.25) is 0 Å². The smallest absolute Gasteiger partial charge is 0.138 e. The highest BCUT2D eigenvalue weighted by atomic mass is 16.3. The van der Waals surface area contributed by atoms with Crippen LogP contribution in [0.15, 0.2) is 12.1 Å². The zero-order valence-corrected chi connectivity index (χ0v) is 7.85. The van der Waals surface area contributed by atoms with Crippen LogP contribution in [0.1, 0.15) is 30.3 Å². The second-order valence-electron chi connectivity index (χ2n) is 3.73. The summed E-state index contributed by atoms with van der Waals surface area (Å²) in [5.41, 5.74) is 6.98. The molecule has 0 unspecified atom stereocenters. The molecule has 0 aromatic carbocycles. The first-order valence-corrected chi connectivity index (χ1v) is 4.77. The number of nitrogens with two attached hydrogens (primary N) is 1. The third-order valence-electron chi connectivity index (χ3n) is 2.57. The number of rotatable bonds is 3. The molecule has 0 radical (unpaired) electrons. The van der Waals surface area contributed by atoms with Crippen molar-refractivity contribution >= 4 is 0 Å². The Morgan fingerprint density at radius 1 is 1.50 bits per heavy atom. The lowest BCUT2D eigenvalue weighted by atomic mass is 10.1. The van der Waals surface area contributed by atoms with E-state index in [9.17, 15) is 5.11 Å². The van der Waals surface area contributed by atoms with Crippen LogP contribution in [0.25, 0.3) is 0 Å². The van der Waals surface area contributed by atoms with E-state index in [1.165, 1.54) is 6.07 Å². The van der Waals surface area contributed by atoms with Gasteiger partial charge in [0.15, 0.2) is 0 Å². The lowest BCUT2D eigenvalue weighted by Crippen LogP contribution is -2.15. The molecule has 0 saturated heterocycles. The van der Waals surface area contributed by atoms with Gasteiger partial charge in [-0.15, -0.1) is 0 Å². The Morgan fingerprint density at radius 3 is 2.79 bits per heavy atom. The van der Waals surface area contributed by atoms with E-state index < -0.39 is 0 Å². The maximum atomic E-state index is 9.55. The topological polar surface area (TPSA) is 79.4 Å². The first-order chi connectivity index (χ1) is 6.72. The summed E-state index contributed by atoms with van der Waals surface area (Å²) in [6.45, 7) is -0.120. The Balaban J connectivity index is 2.29. The summed E-state index contributed by atoms with van der Waals surface area (Å²) in [5.74, 6) is 0.573. The number of pyridine rings is 1. The van der Waals surface area contributed by atoms with E-state index in [0.29, 0.717) is 17.3 Å². The highest BCUT2D eigenvalue weighted by Crippen LogP contribution is 2.40. The number of aromatic nitrogens is 1. The normalized spacial score (nSPS) is 18.1. The Kier molecular flexibility index (Phi) is 2.39. The van der Waals surface area contributed by atoms with Crippen molar-refractivity contribution in [1.82, 2.24) is 4.98 Å². The molecule has 1 aliphatic rings. The molecule has 1 saturated carbocycles. The van der Waals surface area contributed by atoms with Gasteiger partial charge in [-0.3, -0.25) is 0 Å². The van der Waals surface area contributed by atoms with Gasteiger partial charge in [0.1, 0.15) is 5.75 Å². The Labute approximate surface area is 82.4 Å². The first kappa shape index (κ1) is 9.43. The van der Waals surface area contributed by atoms with Gasteiger partial charge in [-0.1, -0.05) is 0 Å². The first-order valence-electron chi connectivity index (χ1n) is 4.77. The number of aliphatic hydroxyl groups is 1. The minimum atomic E-state index is -0.193. The highest BCUT2D eigenvalue weighted by molar-refractivity contribution is 5.31. The molecule has 1 atom stereocenters. The van der Waals surface area contributed by atoms with Crippen molar-refractivity contribution in [3.8, 4) is 5.75 Å². The molecule has 0 bridgehead atoms. The van der Waals surface area contributed by atoms with Crippen LogP contribution in [0.3, 0.4) is 0 Å². The standard InChI is InChI=1S/C10H14N2O2/c11-9(6-1-2-6)10-8(14)4-3-7(5-13)12-10/h3-4,6,9,13-14H,1-2,5,11H2/t9-/m0/s1. The van der Waals surface area contributed by atoms with Gasteiger partial charge in [-0.25, -0.2) is 4.98 Å². The predicted octanol–water partition coefficient (Wildman–Crippen LogP) is 0.689. The fourth-order valence-corrected chi connectivity index (χ4v) is 1.52. The molecule has 4 N–H and O–H groups in total. The molecular formula is C10H14N2O2. The Bertz CT molecular complexity index is 337. The van der Waals surface area contributed by atoms with Crippen molar-refractivity contribution in [2.24, 2.45) is 11.7 Å². The summed E-state index contributed by atoms with van der Waals surface area (Å²) in [5, 5.41) is 18.5. The second kappa shape index (κ2) is 3.55. The van der Waals surface area contributed by atoms with Crippen LogP contribution >= 0.6 is 0 Å². The van der Waals surface area contributed by atoms with Crippen molar-refractivity contribution in [3.63, 3.8) is 0 Å². The van der Waals surface area contributed by atoms with Crippen LogP contribution in [0.5, 0.6) is 5.75 Å². The van der Waals surface area contributed by atoms with Crippen LogP contribution in [0.4, 0.5) is 0 Å². The van der Waals surface area contributed by atoms with Crippen molar-refractivity contribution in [1.29, 1.82) is 0 Å². The molecule has 4 heteroatoms. The molecule has 14 heavy (non-hydrogen) atoms. The molecule has 1 aromatic rings. The molecule has 1 aliphatic carbocycles. The van der Waals surface area contributed by atoms with Gasteiger partial charge in [0.05, 0.1) is 24.0 Å². The van der Waals surface area contributed by atoms with Gasteiger partial charge in [-0.05, 0) is 30.9 Å². The molecule has 1 heterocycles. The summed E-state index contributed by atoms with van der Waals surface area (Å²) < 4.78 is 0. The summed E-state index contributed by atoms with van der Waals surface area (Å²) >= 11 is 0. The fourth-order valence-electron chi connectivity index (χ4n) is 1.52. The zero-order chi connectivity index (χ0) is 10.1. The SMILES string of the molecule is N[C@H](c1nc(CO)ccc1O)C1CC1. The number of hydrogen-bond donors (Lipinski definition) is 3. The van der Waals surface area contributed by atoms with Gasteiger partial charge in [0.25, 0.3) is 0 Å².